The molecule has 17 heavy (non-hydrogen) atoms. The van der Waals surface area contributed by atoms with E-state index < -0.39 is 0 Å². The lowest BCUT2D eigenvalue weighted by atomic mass is 10.0. The van der Waals surface area contributed by atoms with Gasteiger partial charge in [0, 0.05) is 8.95 Å². The summed E-state index contributed by atoms with van der Waals surface area (Å²) in [5, 5.41) is -0.367. The zero-order valence-electron chi connectivity index (χ0n) is 8.63. The monoisotopic (exact) mass is 376 g/mol. The molecule has 0 saturated carbocycles. The molecule has 0 radical (unpaired) electrons. The predicted octanol–water partition coefficient (Wildman–Crippen LogP) is 5.68. The number of hydrogen-bond donors (Lipinski definition) is 0. The van der Waals surface area contributed by atoms with Crippen LogP contribution in [-0.2, 0) is 0 Å². The van der Waals surface area contributed by atoms with Crippen LogP contribution in [0.1, 0.15) is 16.5 Å². The average Bonchev–Trinajstić information content (AvgIpc) is 2.32. The Labute approximate surface area is 121 Å². The van der Waals surface area contributed by atoms with Gasteiger partial charge in [0.25, 0.3) is 0 Å². The minimum atomic E-state index is -0.367. The van der Waals surface area contributed by atoms with Gasteiger partial charge in [-0.15, -0.1) is 11.6 Å². The largest absolute Gasteiger partial charge is 0.207 e. The van der Waals surface area contributed by atoms with Crippen LogP contribution >= 0.6 is 43.5 Å². The van der Waals surface area contributed by atoms with Gasteiger partial charge in [0.15, 0.2) is 0 Å². The molecule has 2 aromatic rings. The molecule has 2 aromatic carbocycles. The Hall–Kier alpha value is -0.380. The van der Waals surface area contributed by atoms with Gasteiger partial charge in [-0.3, -0.25) is 0 Å². The number of hydrogen-bond acceptors (Lipinski definition) is 0. The van der Waals surface area contributed by atoms with Crippen LogP contribution < -0.4 is 0 Å². The molecule has 0 bridgehead atoms. The Morgan fingerprint density at radius 3 is 2.29 bits per heavy atom. The fraction of sp³-hybridized carbons (Fsp3) is 0.0769. The first-order valence-electron chi connectivity index (χ1n) is 4.92. The van der Waals surface area contributed by atoms with Crippen molar-refractivity contribution in [3.63, 3.8) is 0 Å². The van der Waals surface area contributed by atoms with E-state index in [1.807, 2.05) is 24.3 Å². The first-order chi connectivity index (χ1) is 8.08. The van der Waals surface area contributed by atoms with E-state index in [2.05, 4.69) is 31.9 Å². The maximum absolute atomic E-state index is 13.2. The zero-order chi connectivity index (χ0) is 12.4. The van der Waals surface area contributed by atoms with Crippen molar-refractivity contribution in [1.29, 1.82) is 0 Å². The van der Waals surface area contributed by atoms with Gasteiger partial charge >= 0.3 is 0 Å². The fourth-order valence-corrected chi connectivity index (χ4v) is 2.72. The van der Waals surface area contributed by atoms with E-state index in [0.717, 1.165) is 20.1 Å². The van der Waals surface area contributed by atoms with Gasteiger partial charge in [-0.05, 0) is 41.5 Å². The standard InChI is InChI=1S/C13H8Br2ClF/c14-9-3-1-8(2-4-9)13(16)11-7-10(17)5-6-12(11)15/h1-7,13H. The highest BCUT2D eigenvalue weighted by Crippen LogP contribution is 2.34. The molecule has 0 aliphatic carbocycles. The summed E-state index contributed by atoms with van der Waals surface area (Å²) in [5.74, 6) is -0.286. The summed E-state index contributed by atoms with van der Waals surface area (Å²) < 4.78 is 15.0. The van der Waals surface area contributed by atoms with E-state index in [-0.39, 0.29) is 11.2 Å². The molecule has 0 aromatic heterocycles. The van der Waals surface area contributed by atoms with E-state index in [9.17, 15) is 4.39 Å². The van der Waals surface area contributed by atoms with Crippen LogP contribution in [0.4, 0.5) is 4.39 Å². The van der Waals surface area contributed by atoms with E-state index in [4.69, 9.17) is 11.6 Å². The maximum Gasteiger partial charge on any atom is 0.123 e. The smallest absolute Gasteiger partial charge is 0.123 e. The number of alkyl halides is 1. The third kappa shape index (κ3) is 3.09. The van der Waals surface area contributed by atoms with Crippen molar-refractivity contribution in [2.24, 2.45) is 0 Å². The van der Waals surface area contributed by atoms with E-state index in [0.29, 0.717) is 0 Å². The predicted molar refractivity (Wildman–Crippen MR) is 75.9 cm³/mol. The molecule has 0 aliphatic heterocycles. The van der Waals surface area contributed by atoms with Crippen molar-refractivity contribution < 1.29 is 4.39 Å². The minimum Gasteiger partial charge on any atom is -0.207 e. The summed E-state index contributed by atoms with van der Waals surface area (Å²) >= 11 is 13.1. The van der Waals surface area contributed by atoms with Crippen LogP contribution in [0.25, 0.3) is 0 Å². The molecule has 2 rings (SSSR count). The van der Waals surface area contributed by atoms with E-state index >= 15 is 0 Å². The second kappa shape index (κ2) is 5.51. The lowest BCUT2D eigenvalue weighted by molar-refractivity contribution is 0.625. The Morgan fingerprint density at radius 1 is 1.00 bits per heavy atom. The van der Waals surface area contributed by atoms with E-state index in [1.54, 1.807) is 6.07 Å². The molecule has 1 unspecified atom stereocenters. The third-order valence-corrected chi connectivity index (χ3v) is 4.13. The third-order valence-electron chi connectivity index (χ3n) is 2.39. The van der Waals surface area contributed by atoms with Gasteiger partial charge in [-0.1, -0.05) is 44.0 Å². The summed E-state index contributed by atoms with van der Waals surface area (Å²) in [6.07, 6.45) is 0. The highest BCUT2D eigenvalue weighted by atomic mass is 79.9. The van der Waals surface area contributed by atoms with Gasteiger partial charge < -0.3 is 0 Å². The Balaban J connectivity index is 2.39. The summed E-state index contributed by atoms with van der Waals surface area (Å²) in [6.45, 7) is 0. The maximum atomic E-state index is 13.2. The zero-order valence-corrected chi connectivity index (χ0v) is 12.6. The van der Waals surface area contributed by atoms with Crippen LogP contribution in [0, 0.1) is 5.82 Å². The molecular formula is C13H8Br2ClF. The lowest BCUT2D eigenvalue weighted by Crippen LogP contribution is -1.95. The molecule has 0 saturated heterocycles. The minimum absolute atomic E-state index is 0.286. The lowest BCUT2D eigenvalue weighted by Gasteiger charge is -2.12. The molecule has 0 aliphatic rings. The first-order valence-corrected chi connectivity index (χ1v) is 6.94. The summed E-state index contributed by atoms with van der Waals surface area (Å²) in [5.41, 5.74) is 1.66. The normalized spacial score (nSPS) is 12.5. The fourth-order valence-electron chi connectivity index (χ4n) is 1.52. The Kier molecular flexibility index (Phi) is 4.23. The molecule has 1 atom stereocenters. The van der Waals surface area contributed by atoms with Crippen molar-refractivity contribution >= 4 is 43.5 Å². The number of halogens is 4. The average molecular weight is 378 g/mol. The van der Waals surface area contributed by atoms with Crippen molar-refractivity contribution in [3.05, 3.63) is 68.4 Å². The van der Waals surface area contributed by atoms with Gasteiger partial charge in [0.1, 0.15) is 5.82 Å². The second-order valence-electron chi connectivity index (χ2n) is 3.58. The molecule has 0 nitrogen and oxygen atoms in total. The highest BCUT2D eigenvalue weighted by Gasteiger charge is 2.14. The van der Waals surface area contributed by atoms with Crippen molar-refractivity contribution in [2.45, 2.75) is 5.38 Å². The molecule has 88 valence electrons. The summed E-state index contributed by atoms with van der Waals surface area (Å²) in [4.78, 5) is 0. The molecule has 0 N–H and O–H groups in total. The van der Waals surface area contributed by atoms with Crippen LogP contribution in [-0.4, -0.2) is 0 Å². The van der Waals surface area contributed by atoms with E-state index in [1.165, 1.54) is 12.1 Å². The summed E-state index contributed by atoms with van der Waals surface area (Å²) in [6, 6.07) is 12.2. The van der Waals surface area contributed by atoms with Crippen molar-refractivity contribution in [3.8, 4) is 0 Å². The SMILES string of the molecule is Fc1ccc(Br)c(C(Cl)c2ccc(Br)cc2)c1. The molecular weight excluding hydrogens is 370 g/mol. The number of benzene rings is 2. The Bertz CT molecular complexity index is 525. The molecule has 0 spiro atoms. The molecule has 4 heteroatoms. The van der Waals surface area contributed by atoms with Crippen molar-refractivity contribution in [2.75, 3.05) is 0 Å². The van der Waals surface area contributed by atoms with Crippen LogP contribution in [0.5, 0.6) is 0 Å². The van der Waals surface area contributed by atoms with Crippen LogP contribution in [0.2, 0.25) is 0 Å². The quantitative estimate of drug-likeness (QED) is 0.590. The Morgan fingerprint density at radius 2 is 1.65 bits per heavy atom. The highest BCUT2D eigenvalue weighted by molar-refractivity contribution is 9.10. The van der Waals surface area contributed by atoms with Crippen LogP contribution in [0.15, 0.2) is 51.4 Å². The summed E-state index contributed by atoms with van der Waals surface area (Å²) in [7, 11) is 0. The van der Waals surface area contributed by atoms with Gasteiger partial charge in [-0.2, -0.15) is 0 Å². The van der Waals surface area contributed by atoms with Gasteiger partial charge in [-0.25, -0.2) is 4.39 Å². The molecule has 0 fully saturated rings. The number of rotatable bonds is 2. The first kappa shape index (κ1) is 13.1. The van der Waals surface area contributed by atoms with Crippen molar-refractivity contribution in [1.82, 2.24) is 0 Å². The topological polar surface area (TPSA) is 0 Å². The second-order valence-corrected chi connectivity index (χ2v) is 5.79. The molecule has 0 heterocycles. The van der Waals surface area contributed by atoms with Gasteiger partial charge in [0.2, 0.25) is 0 Å². The van der Waals surface area contributed by atoms with Gasteiger partial charge in [0.05, 0.1) is 5.38 Å². The molecule has 0 amide bonds. The van der Waals surface area contributed by atoms with Crippen LogP contribution in [0.3, 0.4) is 0 Å².